The van der Waals surface area contributed by atoms with Crippen molar-refractivity contribution in [3.05, 3.63) is 158 Å². The highest BCUT2D eigenvalue weighted by Gasteiger charge is 2.19. The number of fused-ring (bicyclic) bond motifs is 2. The minimum Gasteiger partial charge on any atom is -0.265 e. The molecule has 0 aliphatic rings. The third-order valence-electron chi connectivity index (χ3n) is 7.65. The van der Waals surface area contributed by atoms with Gasteiger partial charge in [0.1, 0.15) is 0 Å². The van der Waals surface area contributed by atoms with Gasteiger partial charge in [0.05, 0.1) is 0 Å². The number of rotatable bonds is 6. The van der Waals surface area contributed by atoms with E-state index in [1.807, 2.05) is 49.1 Å². The van der Waals surface area contributed by atoms with Crippen molar-refractivity contribution >= 4 is 21.5 Å². The van der Waals surface area contributed by atoms with Crippen LogP contribution in [0.1, 0.15) is 11.1 Å². The first-order valence-electron chi connectivity index (χ1n) is 13.5. The summed E-state index contributed by atoms with van der Waals surface area (Å²) in [5, 5.41) is 5.21. The lowest BCUT2D eigenvalue weighted by atomic mass is 9.91. The van der Waals surface area contributed by atoms with E-state index >= 15 is 0 Å². The Hall–Kier alpha value is -5.22. The average Bonchev–Trinajstić information content (AvgIpc) is 3.04. The van der Waals surface area contributed by atoms with Crippen LogP contribution in [0.5, 0.6) is 0 Å². The van der Waals surface area contributed by atoms with Gasteiger partial charge < -0.3 is 0 Å². The van der Waals surface area contributed by atoms with Crippen molar-refractivity contribution in [2.75, 3.05) is 0 Å². The fourth-order valence-corrected chi connectivity index (χ4v) is 5.61. The molecule has 0 spiro atoms. The van der Waals surface area contributed by atoms with Crippen molar-refractivity contribution in [3.63, 3.8) is 0 Å². The molecule has 3 aromatic carbocycles. The highest BCUT2D eigenvalue weighted by atomic mass is 14.9. The number of pyridine rings is 4. The lowest BCUT2D eigenvalue weighted by Crippen LogP contribution is -2.34. The van der Waals surface area contributed by atoms with Gasteiger partial charge in [0, 0.05) is 60.2 Å². The summed E-state index contributed by atoms with van der Waals surface area (Å²) in [6, 6.07) is 34.6. The smallest absolute Gasteiger partial charge is 0.175 e. The third kappa shape index (κ3) is 4.61. The summed E-state index contributed by atoms with van der Waals surface area (Å²) in [4.78, 5) is 8.29. The highest BCUT2D eigenvalue weighted by Crippen LogP contribution is 2.33. The van der Waals surface area contributed by atoms with Crippen molar-refractivity contribution in [2.45, 2.75) is 13.1 Å². The molecule has 7 aromatic rings. The second-order valence-electron chi connectivity index (χ2n) is 10.0. The van der Waals surface area contributed by atoms with E-state index < -0.39 is 0 Å². The summed E-state index contributed by atoms with van der Waals surface area (Å²) in [5.41, 5.74) is 7.41. The Morgan fingerprint density at radius 3 is 1.00 bits per heavy atom. The minimum absolute atomic E-state index is 0.797. The molecule has 0 aliphatic heterocycles. The maximum Gasteiger partial charge on any atom is 0.175 e. The Balaban J connectivity index is 1.28. The topological polar surface area (TPSA) is 33.5 Å². The molecule has 4 aromatic heterocycles. The van der Waals surface area contributed by atoms with E-state index in [0.29, 0.717) is 0 Å². The van der Waals surface area contributed by atoms with Crippen LogP contribution in [-0.4, -0.2) is 9.97 Å². The molecule has 4 heteroatoms. The number of benzene rings is 3. The molecular weight excluding hydrogens is 488 g/mol. The molecule has 190 valence electrons. The van der Waals surface area contributed by atoms with Crippen molar-refractivity contribution in [1.29, 1.82) is 0 Å². The van der Waals surface area contributed by atoms with Crippen LogP contribution in [-0.2, 0) is 13.1 Å². The molecule has 0 aliphatic carbocycles. The van der Waals surface area contributed by atoms with Crippen LogP contribution >= 0.6 is 0 Å². The molecular formula is C36H28N4+2. The maximum atomic E-state index is 4.14. The van der Waals surface area contributed by atoms with Gasteiger partial charge in [0.25, 0.3) is 0 Å². The normalized spacial score (nSPS) is 11.2. The van der Waals surface area contributed by atoms with Gasteiger partial charge in [-0.15, -0.1) is 0 Å². The van der Waals surface area contributed by atoms with Gasteiger partial charge in [-0.3, -0.25) is 9.97 Å². The van der Waals surface area contributed by atoms with Gasteiger partial charge in [-0.1, -0.05) is 48.5 Å². The molecule has 7 rings (SSSR count). The van der Waals surface area contributed by atoms with E-state index in [2.05, 4.69) is 117 Å². The summed E-state index contributed by atoms with van der Waals surface area (Å²) >= 11 is 0. The monoisotopic (exact) mass is 516 g/mol. The zero-order chi connectivity index (χ0) is 26.7. The zero-order valence-electron chi connectivity index (χ0n) is 22.1. The van der Waals surface area contributed by atoms with Crippen LogP contribution in [0.2, 0.25) is 0 Å². The summed E-state index contributed by atoms with van der Waals surface area (Å²) in [7, 11) is 0. The molecule has 0 saturated heterocycles. The van der Waals surface area contributed by atoms with E-state index in [4.69, 9.17) is 0 Å². The molecule has 0 amide bonds. The second kappa shape index (κ2) is 10.5. The van der Waals surface area contributed by atoms with Crippen molar-refractivity contribution < 1.29 is 9.13 Å². The summed E-state index contributed by atoms with van der Waals surface area (Å²) < 4.78 is 4.54. The number of nitrogens with zero attached hydrogens (tertiary/aromatic N) is 4. The van der Waals surface area contributed by atoms with Gasteiger partial charge in [-0.25, -0.2) is 9.13 Å². The lowest BCUT2D eigenvalue weighted by molar-refractivity contribution is -0.688. The van der Waals surface area contributed by atoms with Gasteiger partial charge in [-0.05, 0) is 68.1 Å². The molecule has 0 unspecified atom stereocenters. The average molecular weight is 517 g/mol. The Morgan fingerprint density at radius 2 is 0.675 bits per heavy atom. The minimum atomic E-state index is 0.797. The standard InChI is InChI=1S/C36H28N4/c1-2-6-32-31(5-1)35(25-39-21-13-29(14-22-39)27-9-17-37-18-10-27)33-7-3-4-8-34(33)36(32)26-40-23-15-30(16-24-40)28-11-19-38-20-12-28/h1-24H,25-26H2/q+2. The van der Waals surface area contributed by atoms with Crippen LogP contribution in [0.15, 0.2) is 147 Å². The van der Waals surface area contributed by atoms with E-state index in [1.165, 1.54) is 54.9 Å². The van der Waals surface area contributed by atoms with E-state index in [0.717, 1.165) is 13.1 Å². The Kier molecular flexibility index (Phi) is 6.27. The highest BCUT2D eigenvalue weighted by molar-refractivity contribution is 6.05. The molecule has 40 heavy (non-hydrogen) atoms. The van der Waals surface area contributed by atoms with E-state index in [-0.39, 0.29) is 0 Å². The van der Waals surface area contributed by atoms with Gasteiger partial charge in [0.15, 0.2) is 37.9 Å². The fraction of sp³-hybridized carbons (Fsp3) is 0.0556. The number of aromatic nitrogens is 4. The molecule has 4 heterocycles. The second-order valence-corrected chi connectivity index (χ2v) is 10.0. The molecule has 0 N–H and O–H groups in total. The van der Waals surface area contributed by atoms with Crippen molar-refractivity contribution in [3.8, 4) is 22.3 Å². The lowest BCUT2D eigenvalue weighted by Gasteiger charge is -2.14. The molecule has 0 atom stereocenters. The first-order chi connectivity index (χ1) is 19.8. The summed E-state index contributed by atoms with van der Waals surface area (Å²) in [6.07, 6.45) is 16.0. The van der Waals surface area contributed by atoms with Crippen molar-refractivity contribution in [1.82, 2.24) is 9.97 Å². The Labute approximate surface area is 233 Å². The first kappa shape index (κ1) is 23.9. The van der Waals surface area contributed by atoms with Gasteiger partial charge in [-0.2, -0.15) is 0 Å². The number of hydrogen-bond acceptors (Lipinski definition) is 2. The van der Waals surface area contributed by atoms with Crippen LogP contribution < -0.4 is 9.13 Å². The fourth-order valence-electron chi connectivity index (χ4n) is 5.61. The van der Waals surface area contributed by atoms with E-state index in [1.54, 1.807) is 0 Å². The Bertz CT molecular complexity index is 1720. The maximum absolute atomic E-state index is 4.14. The first-order valence-corrected chi connectivity index (χ1v) is 13.5. The van der Waals surface area contributed by atoms with Gasteiger partial charge in [0.2, 0.25) is 0 Å². The zero-order valence-corrected chi connectivity index (χ0v) is 22.1. The predicted octanol–water partition coefficient (Wildman–Crippen LogP) is 6.79. The van der Waals surface area contributed by atoms with Crippen LogP contribution in [0.4, 0.5) is 0 Å². The number of hydrogen-bond donors (Lipinski definition) is 0. The van der Waals surface area contributed by atoms with Crippen molar-refractivity contribution in [2.24, 2.45) is 0 Å². The summed E-state index contributed by atoms with van der Waals surface area (Å²) in [5.74, 6) is 0. The van der Waals surface area contributed by atoms with Crippen LogP contribution in [0.3, 0.4) is 0 Å². The molecule has 0 saturated carbocycles. The molecule has 0 fully saturated rings. The quantitative estimate of drug-likeness (QED) is 0.180. The molecule has 0 bridgehead atoms. The SMILES string of the molecule is c1ccc2c(C[n+]3ccc(-c4ccncc4)cc3)c3ccccc3c(C[n+]3ccc(-c4ccncc4)cc3)c2c1. The van der Waals surface area contributed by atoms with Gasteiger partial charge >= 0.3 is 0 Å². The van der Waals surface area contributed by atoms with Crippen LogP contribution in [0, 0.1) is 0 Å². The molecule has 0 radical (unpaired) electrons. The predicted molar refractivity (Wildman–Crippen MR) is 159 cm³/mol. The Morgan fingerprint density at radius 1 is 0.375 bits per heavy atom. The van der Waals surface area contributed by atoms with Crippen LogP contribution in [0.25, 0.3) is 43.8 Å². The molecule has 4 nitrogen and oxygen atoms in total. The summed E-state index contributed by atoms with van der Waals surface area (Å²) in [6.45, 7) is 1.59. The van der Waals surface area contributed by atoms with E-state index in [9.17, 15) is 0 Å². The third-order valence-corrected chi connectivity index (χ3v) is 7.65. The largest absolute Gasteiger partial charge is 0.265 e.